The van der Waals surface area contributed by atoms with E-state index in [9.17, 15) is 19.5 Å². The molecule has 3 N–H and O–H groups in total. The van der Waals surface area contributed by atoms with Crippen molar-refractivity contribution in [1.29, 1.82) is 0 Å². The van der Waals surface area contributed by atoms with Crippen LogP contribution in [0.4, 0.5) is 0 Å². The molecule has 2 aliphatic heterocycles. The molecule has 0 bridgehead atoms. The van der Waals surface area contributed by atoms with Gasteiger partial charge in [-0.15, -0.1) is 11.8 Å². The SMILES string of the molecule is CCOC(CN=C(NC1C(=O)N2C(C(=O)O)=C(COC(C)=O)CS[C@@H]12)N[Si](C)(C)C)OCC. The van der Waals surface area contributed by atoms with Crippen LogP contribution in [0.1, 0.15) is 20.8 Å². The zero-order chi connectivity index (χ0) is 24.8. The van der Waals surface area contributed by atoms with Gasteiger partial charge in [0, 0.05) is 31.5 Å². The molecule has 11 nitrogen and oxygen atoms in total. The maximum Gasteiger partial charge on any atom is 0.352 e. The molecule has 2 rings (SSSR count). The van der Waals surface area contributed by atoms with Gasteiger partial charge in [-0.2, -0.15) is 0 Å². The standard InChI is InChI=1S/C20H34N4O7SSi/c1-7-29-14(30-8-2)9-21-20(23-33(4,5)6)22-15-17(26)24-16(19(27)28)13(10-31-12(3)25)11-32-18(15)24/h14-15,18H,7-11H2,1-6H3,(H,27,28)(H2,21,22,23)/t15?,18-/m0/s1. The lowest BCUT2D eigenvalue weighted by Crippen LogP contribution is -2.72. The molecule has 0 aromatic heterocycles. The molecule has 2 aliphatic rings. The number of nitrogens with zero attached hydrogens (tertiary/aromatic N) is 2. The zero-order valence-electron chi connectivity index (χ0n) is 20.0. The van der Waals surface area contributed by atoms with Gasteiger partial charge in [-0.1, -0.05) is 19.6 Å². The van der Waals surface area contributed by atoms with Crippen LogP contribution in [0, 0.1) is 0 Å². The monoisotopic (exact) mass is 502 g/mol. The first-order valence-corrected chi connectivity index (χ1v) is 15.4. The molecule has 0 aromatic rings. The van der Waals surface area contributed by atoms with Gasteiger partial charge < -0.3 is 29.6 Å². The molecule has 2 atom stereocenters. The number of esters is 1. The Balaban J connectivity index is 2.19. The van der Waals surface area contributed by atoms with E-state index in [4.69, 9.17) is 14.2 Å². The molecule has 13 heteroatoms. The quantitative estimate of drug-likeness (QED) is 0.0934. The number of fused-ring (bicyclic) bond motifs is 1. The smallest absolute Gasteiger partial charge is 0.352 e. The van der Waals surface area contributed by atoms with Gasteiger partial charge in [-0.05, 0) is 13.8 Å². The number of β-lactam (4-membered cyclic amide) rings is 1. The lowest BCUT2D eigenvalue weighted by Gasteiger charge is -2.49. The molecule has 0 saturated carbocycles. The van der Waals surface area contributed by atoms with Gasteiger partial charge in [0.15, 0.2) is 12.2 Å². The number of carboxylic acid groups (broad SMARTS) is 1. The number of ether oxygens (including phenoxy) is 3. The molecular weight excluding hydrogens is 468 g/mol. The summed E-state index contributed by atoms with van der Waals surface area (Å²) >= 11 is 1.42. The molecular formula is C20H34N4O7SSi. The molecule has 0 aromatic carbocycles. The topological polar surface area (TPSA) is 139 Å². The van der Waals surface area contributed by atoms with Crippen molar-refractivity contribution in [2.45, 2.75) is 58.1 Å². The van der Waals surface area contributed by atoms with Gasteiger partial charge in [0.05, 0.1) is 6.54 Å². The molecule has 0 aliphatic carbocycles. The summed E-state index contributed by atoms with van der Waals surface area (Å²) in [6, 6.07) is -0.639. The number of amides is 1. The maximum absolute atomic E-state index is 13.0. The van der Waals surface area contributed by atoms with Crippen molar-refractivity contribution in [3.8, 4) is 0 Å². The second-order valence-corrected chi connectivity index (χ2v) is 14.3. The van der Waals surface area contributed by atoms with E-state index >= 15 is 0 Å². The Morgan fingerprint density at radius 1 is 1.27 bits per heavy atom. The molecule has 1 saturated heterocycles. The van der Waals surface area contributed by atoms with E-state index in [1.807, 2.05) is 13.8 Å². The third-order valence-electron chi connectivity index (χ3n) is 4.59. The highest BCUT2D eigenvalue weighted by molar-refractivity contribution is 8.00. The van der Waals surface area contributed by atoms with Crippen molar-refractivity contribution < 1.29 is 33.7 Å². The van der Waals surface area contributed by atoms with Crippen LogP contribution in [0.15, 0.2) is 16.3 Å². The number of nitrogens with one attached hydrogen (secondary N) is 2. The fourth-order valence-electron chi connectivity index (χ4n) is 3.30. The van der Waals surface area contributed by atoms with Crippen LogP contribution in [-0.4, -0.2) is 91.9 Å². The Labute approximate surface area is 199 Å². The summed E-state index contributed by atoms with van der Waals surface area (Å²) in [6.45, 7) is 12.4. The first kappa shape index (κ1) is 27.2. The molecule has 33 heavy (non-hydrogen) atoms. The number of carbonyl (C=O) groups is 3. The van der Waals surface area contributed by atoms with E-state index in [1.54, 1.807) is 0 Å². The minimum absolute atomic E-state index is 0.118. The fourth-order valence-corrected chi connectivity index (χ4v) is 5.49. The van der Waals surface area contributed by atoms with E-state index < -0.39 is 37.9 Å². The summed E-state index contributed by atoms with van der Waals surface area (Å²) in [6.07, 6.45) is -0.497. The van der Waals surface area contributed by atoms with Crippen LogP contribution < -0.4 is 10.3 Å². The van der Waals surface area contributed by atoms with Crippen molar-refractivity contribution in [2.75, 3.05) is 32.1 Å². The Morgan fingerprint density at radius 2 is 1.91 bits per heavy atom. The first-order valence-electron chi connectivity index (χ1n) is 10.8. The van der Waals surface area contributed by atoms with Crippen LogP contribution >= 0.6 is 11.8 Å². The van der Waals surface area contributed by atoms with Gasteiger partial charge in [-0.25, -0.2) is 9.79 Å². The minimum Gasteiger partial charge on any atom is -0.477 e. The van der Waals surface area contributed by atoms with Gasteiger partial charge in [0.2, 0.25) is 0 Å². The number of thioether (sulfide) groups is 1. The van der Waals surface area contributed by atoms with E-state index in [2.05, 4.69) is 34.9 Å². The van der Waals surface area contributed by atoms with E-state index in [-0.39, 0.29) is 24.8 Å². The number of guanidine groups is 1. The van der Waals surface area contributed by atoms with Crippen LogP contribution in [0.25, 0.3) is 0 Å². The zero-order valence-corrected chi connectivity index (χ0v) is 21.8. The lowest BCUT2D eigenvalue weighted by molar-refractivity contribution is -0.149. The average molecular weight is 503 g/mol. The van der Waals surface area contributed by atoms with Crippen LogP contribution in [0.5, 0.6) is 0 Å². The van der Waals surface area contributed by atoms with E-state index in [0.717, 1.165) is 0 Å². The summed E-state index contributed by atoms with van der Waals surface area (Å²) in [7, 11) is -1.82. The van der Waals surface area contributed by atoms with Gasteiger partial charge in [0.1, 0.15) is 32.0 Å². The molecule has 186 valence electrons. The molecule has 1 amide bonds. The van der Waals surface area contributed by atoms with Crippen molar-refractivity contribution in [2.24, 2.45) is 4.99 Å². The Kier molecular flexibility index (Phi) is 9.76. The summed E-state index contributed by atoms with van der Waals surface area (Å²) in [4.78, 5) is 45.2. The molecule has 1 unspecified atom stereocenters. The number of aliphatic imine (C=N–C) groups is 1. The van der Waals surface area contributed by atoms with E-state index in [0.29, 0.717) is 30.5 Å². The van der Waals surface area contributed by atoms with Crippen LogP contribution in [-0.2, 0) is 28.6 Å². The third kappa shape index (κ3) is 7.45. The van der Waals surface area contributed by atoms with E-state index in [1.165, 1.54) is 23.6 Å². The summed E-state index contributed by atoms with van der Waals surface area (Å²) in [5.74, 6) is -1.30. The third-order valence-corrected chi connectivity index (χ3v) is 6.92. The maximum atomic E-state index is 13.0. The number of carboxylic acids is 1. The lowest BCUT2D eigenvalue weighted by atomic mass is 10.0. The Bertz CT molecular complexity index is 809. The Morgan fingerprint density at radius 3 is 2.42 bits per heavy atom. The highest BCUT2D eigenvalue weighted by Gasteiger charge is 2.54. The number of rotatable bonds is 11. The van der Waals surface area contributed by atoms with Crippen LogP contribution in [0.3, 0.4) is 0 Å². The average Bonchev–Trinajstić information content (AvgIpc) is 2.72. The molecule has 0 spiro atoms. The number of hydrogen-bond acceptors (Lipinski definition) is 8. The summed E-state index contributed by atoms with van der Waals surface area (Å²) in [5.41, 5.74) is 0.281. The van der Waals surface area contributed by atoms with Gasteiger partial charge >= 0.3 is 11.9 Å². The van der Waals surface area contributed by atoms with Crippen molar-refractivity contribution >= 4 is 43.8 Å². The number of carbonyl (C=O) groups excluding carboxylic acids is 2. The van der Waals surface area contributed by atoms with Crippen molar-refractivity contribution in [1.82, 2.24) is 15.2 Å². The van der Waals surface area contributed by atoms with Crippen molar-refractivity contribution in [3.63, 3.8) is 0 Å². The number of aliphatic carboxylic acids is 1. The second kappa shape index (κ2) is 11.9. The normalized spacial score (nSPS) is 21.0. The van der Waals surface area contributed by atoms with Gasteiger partial charge in [-0.3, -0.25) is 14.5 Å². The first-order chi connectivity index (χ1) is 15.5. The molecule has 2 heterocycles. The predicted octanol–water partition coefficient (Wildman–Crippen LogP) is 0.941. The number of hydrogen-bond donors (Lipinski definition) is 3. The largest absolute Gasteiger partial charge is 0.477 e. The summed E-state index contributed by atoms with van der Waals surface area (Å²) < 4.78 is 16.1. The molecule has 0 radical (unpaired) electrons. The second-order valence-electron chi connectivity index (χ2n) is 8.47. The van der Waals surface area contributed by atoms with Crippen molar-refractivity contribution in [3.05, 3.63) is 11.3 Å². The Hall–Kier alpha value is -2.09. The van der Waals surface area contributed by atoms with Crippen LogP contribution in [0.2, 0.25) is 19.6 Å². The minimum atomic E-state index is -1.82. The van der Waals surface area contributed by atoms with Gasteiger partial charge in [0.25, 0.3) is 5.91 Å². The highest BCUT2D eigenvalue weighted by atomic mass is 32.2. The fraction of sp³-hybridized carbons (Fsp3) is 0.700. The predicted molar refractivity (Wildman–Crippen MR) is 127 cm³/mol. The highest BCUT2D eigenvalue weighted by Crippen LogP contribution is 2.40. The summed E-state index contributed by atoms with van der Waals surface area (Å²) in [5, 5.41) is 12.5. The molecule has 1 fully saturated rings.